The molecule has 3 aliphatic heterocycles. The average molecular weight is 689 g/mol. The maximum absolute atomic E-state index is 10.6. The third-order valence-corrected chi connectivity index (χ3v) is 10.2. The van der Waals surface area contributed by atoms with E-state index < -0.39 is 5.60 Å². The number of likely N-dealkylation sites (tertiary alicyclic amines) is 2. The van der Waals surface area contributed by atoms with Crippen LogP contribution in [-0.4, -0.2) is 117 Å². The molecule has 1 unspecified atom stereocenters. The Morgan fingerprint density at radius 3 is 2.49 bits per heavy atom. The minimum Gasteiger partial charge on any atom is -0.480 e. The molecule has 0 aromatic heterocycles. The predicted octanol–water partition coefficient (Wildman–Crippen LogP) is 6.62. The second-order valence-corrected chi connectivity index (χ2v) is 14.4. The lowest BCUT2D eigenvalue weighted by Gasteiger charge is -2.25. The molecule has 0 spiro atoms. The number of halogens is 1. The summed E-state index contributed by atoms with van der Waals surface area (Å²) in [5.41, 5.74) is 6.94. The standard InChI is InChI=1S/C39H53ClN6O3/c1-27(2)36-30(28-21-42-35(38(49-6)43-22-28)25-46-19-15-29(24-46)39(3,4)47)11-9-12-31(36)32-13-10-14-33(37(32)40)34(44-26-48-5)23-41-16-20-45-17-7-8-18-45/h9-14,21,23,27,29,47H,7-8,15-20,22,24-26H2,1-6H3/b41-23-,44-34+. The van der Waals surface area contributed by atoms with Crippen molar-refractivity contribution >= 4 is 40.7 Å². The van der Waals surface area contributed by atoms with Gasteiger partial charge in [0.25, 0.3) is 0 Å². The van der Waals surface area contributed by atoms with Crippen LogP contribution < -0.4 is 0 Å². The minimum atomic E-state index is -0.703. The summed E-state index contributed by atoms with van der Waals surface area (Å²) < 4.78 is 11.1. The van der Waals surface area contributed by atoms with E-state index in [2.05, 4.69) is 47.9 Å². The topological polar surface area (TPSA) is 94.6 Å². The van der Waals surface area contributed by atoms with Crippen LogP contribution in [0.3, 0.4) is 0 Å². The smallest absolute Gasteiger partial charge is 0.232 e. The lowest BCUT2D eigenvalue weighted by atomic mass is 9.85. The Morgan fingerprint density at radius 2 is 1.80 bits per heavy atom. The summed E-state index contributed by atoms with van der Waals surface area (Å²) in [7, 11) is 3.29. The van der Waals surface area contributed by atoms with Crippen molar-refractivity contribution in [2.24, 2.45) is 25.9 Å². The number of hydrogen-bond acceptors (Lipinski definition) is 9. The zero-order valence-electron chi connectivity index (χ0n) is 30.1. The van der Waals surface area contributed by atoms with E-state index in [1.54, 1.807) is 14.2 Å². The van der Waals surface area contributed by atoms with Crippen LogP contribution in [0.25, 0.3) is 16.7 Å². The molecule has 49 heavy (non-hydrogen) atoms. The van der Waals surface area contributed by atoms with Crippen LogP contribution in [0.4, 0.5) is 0 Å². The summed E-state index contributed by atoms with van der Waals surface area (Å²) in [6, 6.07) is 12.5. The Morgan fingerprint density at radius 1 is 1.06 bits per heavy atom. The molecule has 9 nitrogen and oxygen atoms in total. The highest BCUT2D eigenvalue weighted by molar-refractivity contribution is 6.45. The number of rotatable bonds is 13. The molecule has 0 amide bonds. The monoisotopic (exact) mass is 688 g/mol. The zero-order chi connectivity index (χ0) is 35.0. The summed E-state index contributed by atoms with van der Waals surface area (Å²) in [6.45, 7) is 15.2. The van der Waals surface area contributed by atoms with Crippen molar-refractivity contribution in [3.05, 3.63) is 64.3 Å². The molecule has 0 bridgehead atoms. The van der Waals surface area contributed by atoms with Crippen molar-refractivity contribution in [3.63, 3.8) is 0 Å². The van der Waals surface area contributed by atoms with Crippen LogP contribution in [0.5, 0.6) is 0 Å². The van der Waals surface area contributed by atoms with E-state index in [1.807, 2.05) is 38.4 Å². The highest BCUT2D eigenvalue weighted by atomic mass is 35.5. The highest BCUT2D eigenvalue weighted by Crippen LogP contribution is 2.40. The van der Waals surface area contributed by atoms with Gasteiger partial charge in [0.2, 0.25) is 5.90 Å². The number of aliphatic hydroxyl groups is 1. The lowest BCUT2D eigenvalue weighted by molar-refractivity contribution is 0.0217. The molecule has 2 fully saturated rings. The molecule has 5 rings (SSSR count). The van der Waals surface area contributed by atoms with Crippen molar-refractivity contribution in [2.75, 3.05) is 73.3 Å². The van der Waals surface area contributed by atoms with Gasteiger partial charge in [0, 0.05) is 56.2 Å². The normalized spacial score (nSPS) is 19.8. The quantitative estimate of drug-likeness (QED) is 0.239. The van der Waals surface area contributed by atoms with E-state index in [-0.39, 0.29) is 18.6 Å². The molecular weight excluding hydrogens is 636 g/mol. The molecular formula is C39H53ClN6O3. The summed E-state index contributed by atoms with van der Waals surface area (Å²) in [5.74, 6) is 0.978. The van der Waals surface area contributed by atoms with Crippen LogP contribution in [0.2, 0.25) is 5.02 Å². The van der Waals surface area contributed by atoms with Crippen LogP contribution in [0, 0.1) is 5.92 Å². The second-order valence-electron chi connectivity index (χ2n) is 14.1. The fourth-order valence-electron chi connectivity index (χ4n) is 7.04. The molecule has 0 radical (unpaired) electrons. The summed E-state index contributed by atoms with van der Waals surface area (Å²) >= 11 is 7.26. The minimum absolute atomic E-state index is 0.196. The fourth-order valence-corrected chi connectivity index (χ4v) is 7.36. The second kappa shape index (κ2) is 17.1. The molecule has 1 atom stereocenters. The van der Waals surface area contributed by atoms with Gasteiger partial charge in [0.1, 0.15) is 12.4 Å². The van der Waals surface area contributed by atoms with Crippen LogP contribution in [-0.2, 0) is 9.47 Å². The van der Waals surface area contributed by atoms with Gasteiger partial charge in [-0.1, -0.05) is 61.8 Å². The van der Waals surface area contributed by atoms with Gasteiger partial charge >= 0.3 is 0 Å². The van der Waals surface area contributed by atoms with Gasteiger partial charge in [-0.2, -0.15) is 0 Å². The maximum atomic E-state index is 10.6. The molecule has 1 N–H and O–H groups in total. The molecule has 0 aliphatic carbocycles. The van der Waals surface area contributed by atoms with Crippen LogP contribution >= 0.6 is 11.6 Å². The van der Waals surface area contributed by atoms with Gasteiger partial charge in [-0.15, -0.1) is 0 Å². The van der Waals surface area contributed by atoms with Gasteiger partial charge in [0.05, 0.1) is 36.5 Å². The zero-order valence-corrected chi connectivity index (χ0v) is 30.8. The van der Waals surface area contributed by atoms with E-state index in [4.69, 9.17) is 41.0 Å². The molecule has 0 saturated carbocycles. The predicted molar refractivity (Wildman–Crippen MR) is 204 cm³/mol. The van der Waals surface area contributed by atoms with Crippen LogP contribution in [0.1, 0.15) is 69.6 Å². The number of aliphatic imine (C=N–C) groups is 4. The Balaban J connectivity index is 1.45. The number of hydrogen-bond donors (Lipinski definition) is 1. The fraction of sp³-hybridized carbons (Fsp3) is 0.538. The number of nitrogens with zero attached hydrogens (tertiary/aromatic N) is 6. The van der Waals surface area contributed by atoms with E-state index in [0.29, 0.717) is 29.7 Å². The van der Waals surface area contributed by atoms with Crippen molar-refractivity contribution in [1.29, 1.82) is 0 Å². The largest absolute Gasteiger partial charge is 0.480 e. The van der Waals surface area contributed by atoms with Crippen molar-refractivity contribution in [3.8, 4) is 11.1 Å². The van der Waals surface area contributed by atoms with Crippen molar-refractivity contribution in [2.45, 2.75) is 58.5 Å². The van der Waals surface area contributed by atoms with Crippen molar-refractivity contribution in [1.82, 2.24) is 9.80 Å². The van der Waals surface area contributed by atoms with Gasteiger partial charge in [-0.3, -0.25) is 19.9 Å². The Hall–Kier alpha value is -3.21. The number of ether oxygens (including phenoxy) is 2. The van der Waals surface area contributed by atoms with E-state index >= 15 is 0 Å². The van der Waals surface area contributed by atoms with Gasteiger partial charge in [-0.25, -0.2) is 4.99 Å². The van der Waals surface area contributed by atoms with Gasteiger partial charge in [0.15, 0.2) is 0 Å². The molecule has 3 heterocycles. The summed E-state index contributed by atoms with van der Waals surface area (Å²) in [4.78, 5) is 24.0. The molecule has 2 aromatic rings. The Labute approximate surface area is 297 Å². The summed E-state index contributed by atoms with van der Waals surface area (Å²) in [6.07, 6.45) is 7.28. The number of benzene rings is 2. The average Bonchev–Trinajstić information content (AvgIpc) is 3.74. The highest BCUT2D eigenvalue weighted by Gasteiger charge is 2.34. The Bertz CT molecular complexity index is 1600. The number of methoxy groups -OCH3 is 2. The third-order valence-electron chi connectivity index (χ3n) is 9.77. The first kappa shape index (κ1) is 37.1. The Kier molecular flexibility index (Phi) is 13.0. The van der Waals surface area contributed by atoms with Gasteiger partial charge < -0.3 is 19.5 Å². The van der Waals surface area contributed by atoms with Crippen LogP contribution in [0.15, 0.2) is 62.6 Å². The van der Waals surface area contributed by atoms with Crippen molar-refractivity contribution < 1.29 is 14.6 Å². The third kappa shape index (κ3) is 9.32. The van der Waals surface area contributed by atoms with E-state index in [0.717, 1.165) is 79.2 Å². The van der Waals surface area contributed by atoms with E-state index in [1.165, 1.54) is 18.4 Å². The van der Waals surface area contributed by atoms with E-state index in [9.17, 15) is 5.11 Å². The first-order chi connectivity index (χ1) is 23.6. The molecule has 3 aliphatic rings. The SMILES string of the molecule is COC/N=C(\C=N/CCN1CCCC1)c1cccc(-c2cccc(C3=CN=C(CN4CCC(C(C)(C)O)C4)C(OC)=NC3)c2C(C)C)c1Cl. The molecule has 2 aromatic carbocycles. The van der Waals surface area contributed by atoms with Gasteiger partial charge in [-0.05, 0) is 80.9 Å². The first-order valence-electron chi connectivity index (χ1n) is 17.6. The molecule has 10 heteroatoms. The summed E-state index contributed by atoms with van der Waals surface area (Å²) in [5, 5.41) is 11.2. The maximum Gasteiger partial charge on any atom is 0.232 e. The molecule has 2 saturated heterocycles. The first-order valence-corrected chi connectivity index (χ1v) is 18.0. The lowest BCUT2D eigenvalue weighted by Crippen LogP contribution is -2.36. The molecule has 264 valence electrons.